The van der Waals surface area contributed by atoms with E-state index < -0.39 is 0 Å². The van der Waals surface area contributed by atoms with E-state index in [9.17, 15) is 9.59 Å². The summed E-state index contributed by atoms with van der Waals surface area (Å²) in [5.74, 6) is 0. The third-order valence-electron chi connectivity index (χ3n) is 1.25. The molecule has 0 saturated carbocycles. The van der Waals surface area contributed by atoms with E-state index in [4.69, 9.17) is 0 Å². The Bertz CT molecular complexity index is 216. The van der Waals surface area contributed by atoms with Crippen LogP contribution >= 0.6 is 0 Å². The van der Waals surface area contributed by atoms with E-state index in [-0.39, 0.29) is 27.8 Å². The van der Waals surface area contributed by atoms with Crippen molar-refractivity contribution in [1.82, 2.24) is 4.90 Å². The molecule has 0 rings (SSSR count). The van der Waals surface area contributed by atoms with Gasteiger partial charge in [0.1, 0.15) is 0 Å². The fraction of sp³-hybridized carbons (Fsp3) is 0.333. The molecule has 0 saturated heterocycles. The molecule has 0 aromatic heterocycles. The summed E-state index contributed by atoms with van der Waals surface area (Å²) in [4.78, 5) is 23.9. The molecular formula is C9H13INO3-. The molecule has 0 aliphatic rings. The topological polar surface area (TPSA) is 46.6 Å². The van der Waals surface area contributed by atoms with E-state index >= 15 is 0 Å². The second kappa shape index (κ2) is 10.2. The van der Waals surface area contributed by atoms with Gasteiger partial charge >= 0.3 is 93.8 Å². The SMILES string of the molecule is C[I-]/C=C/N(C=O)C/C=C\COC=O. The summed E-state index contributed by atoms with van der Waals surface area (Å²) >= 11 is 0.0658. The van der Waals surface area contributed by atoms with E-state index in [1.807, 2.05) is 4.08 Å². The zero-order valence-electron chi connectivity index (χ0n) is 7.93. The Kier molecular flexibility index (Phi) is 9.61. The minimum absolute atomic E-state index is 0.0658. The van der Waals surface area contributed by atoms with Gasteiger partial charge in [-0.25, -0.2) is 0 Å². The number of hydrogen-bond acceptors (Lipinski definition) is 3. The van der Waals surface area contributed by atoms with Gasteiger partial charge in [0.05, 0.1) is 0 Å². The zero-order chi connectivity index (χ0) is 10.6. The predicted molar refractivity (Wildman–Crippen MR) is 49.0 cm³/mol. The van der Waals surface area contributed by atoms with Crippen molar-refractivity contribution in [3.63, 3.8) is 0 Å². The van der Waals surface area contributed by atoms with E-state index in [1.54, 1.807) is 18.4 Å². The van der Waals surface area contributed by atoms with Gasteiger partial charge in [-0.3, -0.25) is 0 Å². The molecule has 80 valence electrons. The van der Waals surface area contributed by atoms with Gasteiger partial charge in [-0.05, 0) is 0 Å². The van der Waals surface area contributed by atoms with Gasteiger partial charge in [-0.1, -0.05) is 0 Å². The molecule has 5 heteroatoms. The molecule has 0 atom stereocenters. The van der Waals surface area contributed by atoms with Crippen molar-refractivity contribution in [3.05, 3.63) is 22.4 Å². The fourth-order valence-corrected chi connectivity index (χ4v) is 1.36. The second-order valence-electron chi connectivity index (χ2n) is 2.20. The van der Waals surface area contributed by atoms with Gasteiger partial charge in [-0.2, -0.15) is 0 Å². The summed E-state index contributed by atoms with van der Waals surface area (Å²) in [5.41, 5.74) is 0. The molecule has 0 aromatic rings. The first-order valence-electron chi connectivity index (χ1n) is 3.91. The molecule has 14 heavy (non-hydrogen) atoms. The standard InChI is InChI=1S/C9H13INO3/c1-10-4-6-11(8-12)5-2-3-7-14-9-13/h2-4,6,8-9H,5,7H2,1H3/q-1/b3-2-,6-4+. The molecule has 4 nitrogen and oxygen atoms in total. The first-order chi connectivity index (χ1) is 6.85. The average molecular weight is 310 g/mol. The molecule has 0 aliphatic heterocycles. The number of hydrogen-bond donors (Lipinski definition) is 0. The van der Waals surface area contributed by atoms with Crippen LogP contribution in [0.15, 0.2) is 22.4 Å². The summed E-state index contributed by atoms with van der Waals surface area (Å²) < 4.78 is 6.45. The van der Waals surface area contributed by atoms with Crippen LogP contribution in [0.5, 0.6) is 0 Å². The first-order valence-corrected chi connectivity index (χ1v) is 7.31. The Labute approximate surface area is 93.9 Å². The number of carbonyl (C=O) groups is 2. The number of amides is 1. The number of nitrogens with zero attached hydrogens (tertiary/aromatic N) is 1. The Morgan fingerprint density at radius 2 is 2.14 bits per heavy atom. The number of rotatable bonds is 8. The van der Waals surface area contributed by atoms with Gasteiger partial charge in [0.15, 0.2) is 0 Å². The number of halogens is 1. The summed E-state index contributed by atoms with van der Waals surface area (Å²) in [6.07, 6.45) is 6.00. The van der Waals surface area contributed by atoms with Crippen molar-refractivity contribution >= 4 is 12.9 Å². The predicted octanol–water partition coefficient (Wildman–Crippen LogP) is -2.64. The molecule has 0 heterocycles. The van der Waals surface area contributed by atoms with Crippen LogP contribution in [0.2, 0.25) is 0 Å². The Hall–Kier alpha value is -0.850. The molecule has 0 unspecified atom stereocenters. The Morgan fingerprint density at radius 1 is 1.36 bits per heavy atom. The van der Waals surface area contributed by atoms with Crippen LogP contribution in [-0.4, -0.2) is 35.9 Å². The zero-order valence-corrected chi connectivity index (χ0v) is 10.1. The monoisotopic (exact) mass is 310 g/mol. The minimum atomic E-state index is 0.0658. The van der Waals surface area contributed by atoms with Crippen molar-refractivity contribution in [2.45, 2.75) is 0 Å². The van der Waals surface area contributed by atoms with Gasteiger partial charge in [-0.15, -0.1) is 0 Å². The molecule has 0 fully saturated rings. The van der Waals surface area contributed by atoms with Crippen LogP contribution in [0.25, 0.3) is 0 Å². The summed E-state index contributed by atoms with van der Waals surface area (Å²) in [7, 11) is 0. The Balaban J connectivity index is 3.71. The van der Waals surface area contributed by atoms with Crippen molar-refractivity contribution in [1.29, 1.82) is 0 Å². The summed E-state index contributed by atoms with van der Waals surface area (Å²) in [5, 5.41) is 0. The van der Waals surface area contributed by atoms with Crippen molar-refractivity contribution in [2.75, 3.05) is 18.1 Å². The molecule has 0 bridgehead atoms. The molecular weight excluding hydrogens is 297 g/mol. The summed E-state index contributed by atoms with van der Waals surface area (Å²) in [6, 6.07) is 0. The third kappa shape index (κ3) is 7.78. The van der Waals surface area contributed by atoms with Crippen LogP contribution in [0, 0.1) is 0 Å². The first kappa shape index (κ1) is 13.2. The van der Waals surface area contributed by atoms with E-state index in [1.165, 1.54) is 4.90 Å². The van der Waals surface area contributed by atoms with Crippen LogP contribution < -0.4 is 21.2 Å². The van der Waals surface area contributed by atoms with Crippen molar-refractivity contribution < 1.29 is 35.5 Å². The van der Waals surface area contributed by atoms with E-state index in [0.29, 0.717) is 13.0 Å². The van der Waals surface area contributed by atoms with Gasteiger partial charge in [0, 0.05) is 0 Å². The number of carbonyl (C=O) groups excluding carboxylic acids is 2. The van der Waals surface area contributed by atoms with E-state index in [0.717, 1.165) is 6.41 Å². The molecule has 0 aliphatic carbocycles. The maximum atomic E-state index is 10.5. The van der Waals surface area contributed by atoms with E-state index in [2.05, 4.69) is 9.67 Å². The molecule has 0 aromatic carbocycles. The van der Waals surface area contributed by atoms with Crippen molar-refractivity contribution in [2.24, 2.45) is 0 Å². The molecule has 0 N–H and O–H groups in total. The number of alkyl halides is 1. The molecule has 0 spiro atoms. The van der Waals surface area contributed by atoms with Gasteiger partial charge in [0.25, 0.3) is 0 Å². The fourth-order valence-electron chi connectivity index (χ4n) is 0.627. The van der Waals surface area contributed by atoms with Crippen LogP contribution in [0.4, 0.5) is 0 Å². The number of ether oxygens (including phenoxy) is 1. The van der Waals surface area contributed by atoms with Gasteiger partial charge < -0.3 is 0 Å². The average Bonchev–Trinajstić information content (AvgIpc) is 2.22. The molecule has 0 radical (unpaired) electrons. The van der Waals surface area contributed by atoms with Crippen molar-refractivity contribution in [3.8, 4) is 0 Å². The quantitative estimate of drug-likeness (QED) is 0.162. The summed E-state index contributed by atoms with van der Waals surface area (Å²) in [6.45, 7) is 1.15. The van der Waals surface area contributed by atoms with Gasteiger partial charge in [0.2, 0.25) is 0 Å². The maximum absolute atomic E-state index is 10.5. The van der Waals surface area contributed by atoms with Crippen LogP contribution in [-0.2, 0) is 14.3 Å². The third-order valence-corrected chi connectivity index (χ3v) is 2.29. The Morgan fingerprint density at radius 3 is 2.71 bits per heavy atom. The van der Waals surface area contributed by atoms with Crippen LogP contribution in [0.1, 0.15) is 0 Å². The van der Waals surface area contributed by atoms with Crippen LogP contribution in [0.3, 0.4) is 0 Å². The normalized spacial score (nSPS) is 10.9. The molecule has 1 amide bonds. The second-order valence-corrected chi connectivity index (χ2v) is 4.16.